The number of nitro benzene ring substituents is 1. The molecule has 1 amide bonds. The van der Waals surface area contributed by atoms with Crippen LogP contribution in [0.3, 0.4) is 0 Å². The Balaban J connectivity index is 1.71. The van der Waals surface area contributed by atoms with Gasteiger partial charge in [0.1, 0.15) is 5.69 Å². The van der Waals surface area contributed by atoms with E-state index in [9.17, 15) is 14.9 Å². The van der Waals surface area contributed by atoms with Gasteiger partial charge < -0.3 is 5.32 Å². The van der Waals surface area contributed by atoms with Crippen molar-refractivity contribution < 1.29 is 9.72 Å². The van der Waals surface area contributed by atoms with Gasteiger partial charge in [0.2, 0.25) is 5.91 Å². The van der Waals surface area contributed by atoms with Crippen LogP contribution in [-0.4, -0.2) is 39.1 Å². The third-order valence-corrected chi connectivity index (χ3v) is 5.00. The molecule has 0 saturated carbocycles. The van der Waals surface area contributed by atoms with E-state index in [2.05, 4.69) is 10.4 Å². The van der Waals surface area contributed by atoms with Gasteiger partial charge in [0, 0.05) is 23.9 Å². The molecule has 0 atom stereocenters. The zero-order valence-electron chi connectivity index (χ0n) is 17.5. The molecule has 3 aromatic rings. The van der Waals surface area contributed by atoms with E-state index in [1.54, 1.807) is 19.1 Å². The second-order valence-corrected chi connectivity index (χ2v) is 7.34. The number of amides is 1. The van der Waals surface area contributed by atoms with E-state index in [0.29, 0.717) is 12.1 Å². The fourth-order valence-electron chi connectivity index (χ4n) is 3.44. The zero-order chi connectivity index (χ0) is 21.8. The van der Waals surface area contributed by atoms with Crippen molar-refractivity contribution in [1.82, 2.24) is 14.7 Å². The number of benzene rings is 2. The van der Waals surface area contributed by atoms with E-state index in [1.807, 2.05) is 60.8 Å². The lowest BCUT2D eigenvalue weighted by atomic mass is 10.1. The van der Waals surface area contributed by atoms with E-state index in [0.717, 1.165) is 22.6 Å². The van der Waals surface area contributed by atoms with Crippen LogP contribution in [0, 0.1) is 30.9 Å². The lowest BCUT2D eigenvalue weighted by Gasteiger charge is -2.17. The number of hydrogen-bond donors (Lipinski definition) is 1. The molecule has 0 aliphatic rings. The second kappa shape index (κ2) is 8.87. The van der Waals surface area contributed by atoms with Crippen LogP contribution >= 0.6 is 0 Å². The summed E-state index contributed by atoms with van der Waals surface area (Å²) in [6.07, 6.45) is 0. The summed E-state index contributed by atoms with van der Waals surface area (Å²) >= 11 is 0. The van der Waals surface area contributed by atoms with Gasteiger partial charge in [-0.3, -0.25) is 19.8 Å². The topological polar surface area (TPSA) is 93.3 Å². The highest BCUT2D eigenvalue weighted by Crippen LogP contribution is 2.27. The Hall–Kier alpha value is -3.52. The number of nitrogens with zero attached hydrogens (tertiary/aromatic N) is 4. The molecule has 0 radical (unpaired) electrons. The van der Waals surface area contributed by atoms with Crippen molar-refractivity contribution in [2.24, 2.45) is 0 Å². The maximum absolute atomic E-state index is 12.5. The fraction of sp³-hybridized carbons (Fsp3) is 0.273. The summed E-state index contributed by atoms with van der Waals surface area (Å²) in [5, 5.41) is 18.6. The molecule has 0 fully saturated rings. The number of aromatic nitrogens is 2. The summed E-state index contributed by atoms with van der Waals surface area (Å²) in [4.78, 5) is 25.2. The van der Waals surface area contributed by atoms with Crippen LogP contribution in [0.1, 0.15) is 22.5 Å². The third-order valence-electron chi connectivity index (χ3n) is 5.00. The highest BCUT2D eigenvalue weighted by Gasteiger charge is 2.20. The Kier molecular flexibility index (Phi) is 6.27. The molecule has 1 N–H and O–H groups in total. The summed E-state index contributed by atoms with van der Waals surface area (Å²) in [5.41, 5.74) is 4.73. The number of hydrogen-bond acceptors (Lipinski definition) is 5. The molecule has 0 unspecified atom stereocenters. The number of carbonyl (C=O) groups is 1. The zero-order valence-corrected chi connectivity index (χ0v) is 17.5. The van der Waals surface area contributed by atoms with Crippen molar-refractivity contribution in [2.45, 2.75) is 27.3 Å². The Bertz CT molecular complexity index is 1080. The van der Waals surface area contributed by atoms with Crippen LogP contribution in [0.15, 0.2) is 48.5 Å². The summed E-state index contributed by atoms with van der Waals surface area (Å²) in [7, 11) is 1.84. The molecule has 0 saturated heterocycles. The van der Waals surface area contributed by atoms with E-state index in [1.165, 1.54) is 6.07 Å². The van der Waals surface area contributed by atoms with Gasteiger partial charge >= 0.3 is 0 Å². The molecule has 0 bridgehead atoms. The summed E-state index contributed by atoms with van der Waals surface area (Å²) < 4.78 is 1.90. The summed E-state index contributed by atoms with van der Waals surface area (Å²) in [6.45, 7) is 6.32. The minimum atomic E-state index is -0.489. The number of para-hydroxylation sites is 2. The average molecular weight is 407 g/mol. The number of anilines is 1. The summed E-state index contributed by atoms with van der Waals surface area (Å²) in [6, 6.07) is 14.6. The van der Waals surface area contributed by atoms with Crippen LogP contribution < -0.4 is 5.32 Å². The molecule has 8 nitrogen and oxygen atoms in total. The van der Waals surface area contributed by atoms with Crippen LogP contribution in [-0.2, 0) is 11.3 Å². The van der Waals surface area contributed by atoms with Gasteiger partial charge in [-0.1, -0.05) is 30.3 Å². The number of carbonyl (C=O) groups excluding carboxylic acids is 1. The molecule has 0 aliphatic carbocycles. The smallest absolute Gasteiger partial charge is 0.293 e. The first-order valence-corrected chi connectivity index (χ1v) is 9.61. The number of likely N-dealkylation sites (N-methyl/N-ethyl adjacent to an activating group) is 1. The second-order valence-electron chi connectivity index (χ2n) is 7.34. The Morgan fingerprint density at radius 3 is 2.50 bits per heavy atom. The molecule has 1 aromatic heterocycles. The quantitative estimate of drug-likeness (QED) is 0.475. The highest BCUT2D eigenvalue weighted by molar-refractivity contribution is 5.95. The molecule has 8 heteroatoms. The molecule has 30 heavy (non-hydrogen) atoms. The van der Waals surface area contributed by atoms with Gasteiger partial charge in [0.05, 0.1) is 22.8 Å². The fourth-order valence-corrected chi connectivity index (χ4v) is 3.44. The van der Waals surface area contributed by atoms with Crippen molar-refractivity contribution in [3.05, 3.63) is 81.2 Å². The van der Waals surface area contributed by atoms with Gasteiger partial charge in [0.25, 0.3) is 5.69 Å². The van der Waals surface area contributed by atoms with Crippen molar-refractivity contribution in [3.8, 4) is 5.69 Å². The van der Waals surface area contributed by atoms with Crippen molar-refractivity contribution in [3.63, 3.8) is 0 Å². The normalized spacial score (nSPS) is 11.0. The standard InChI is InChI=1S/C22H25N5O3/c1-15-9-8-12-20(27(29)30)22(15)23-21(28)14-25(4)13-19-16(2)24-26(17(19)3)18-10-6-5-7-11-18/h5-12H,13-14H2,1-4H3,(H,23,28). The molecular formula is C22H25N5O3. The number of rotatable bonds is 7. The predicted molar refractivity (Wildman–Crippen MR) is 116 cm³/mol. The van der Waals surface area contributed by atoms with Crippen molar-refractivity contribution in [2.75, 3.05) is 18.9 Å². The van der Waals surface area contributed by atoms with Crippen LogP contribution in [0.2, 0.25) is 0 Å². The largest absolute Gasteiger partial charge is 0.319 e. The molecule has 0 spiro atoms. The number of nitrogens with one attached hydrogen (secondary N) is 1. The minimum Gasteiger partial charge on any atom is -0.319 e. The van der Waals surface area contributed by atoms with Gasteiger partial charge in [0.15, 0.2) is 0 Å². The van der Waals surface area contributed by atoms with Gasteiger partial charge in [-0.2, -0.15) is 5.10 Å². The Labute approximate surface area is 175 Å². The van der Waals surface area contributed by atoms with E-state index in [-0.39, 0.29) is 23.8 Å². The monoisotopic (exact) mass is 407 g/mol. The van der Waals surface area contributed by atoms with Gasteiger partial charge in [-0.05, 0) is 45.5 Å². The number of nitro groups is 1. The third kappa shape index (κ3) is 4.55. The van der Waals surface area contributed by atoms with Gasteiger partial charge in [-0.15, -0.1) is 0 Å². The van der Waals surface area contributed by atoms with E-state index in [4.69, 9.17) is 0 Å². The maximum Gasteiger partial charge on any atom is 0.293 e. The number of aryl methyl sites for hydroxylation is 2. The molecule has 3 rings (SSSR count). The molecule has 156 valence electrons. The van der Waals surface area contributed by atoms with Crippen LogP contribution in [0.4, 0.5) is 11.4 Å². The Morgan fingerprint density at radius 2 is 1.83 bits per heavy atom. The first-order valence-electron chi connectivity index (χ1n) is 9.61. The molecular weight excluding hydrogens is 382 g/mol. The van der Waals surface area contributed by atoms with Gasteiger partial charge in [-0.25, -0.2) is 4.68 Å². The van der Waals surface area contributed by atoms with Crippen molar-refractivity contribution in [1.29, 1.82) is 0 Å². The SMILES string of the molecule is Cc1cccc([N+](=O)[O-])c1NC(=O)CN(C)Cc1c(C)nn(-c2ccccc2)c1C. The predicted octanol–water partition coefficient (Wildman–Crippen LogP) is 3.78. The first-order chi connectivity index (χ1) is 14.3. The van der Waals surface area contributed by atoms with E-state index >= 15 is 0 Å². The van der Waals surface area contributed by atoms with E-state index < -0.39 is 4.92 Å². The molecule has 2 aromatic carbocycles. The maximum atomic E-state index is 12.5. The molecule has 1 heterocycles. The first kappa shape index (κ1) is 21.2. The van der Waals surface area contributed by atoms with Crippen molar-refractivity contribution >= 4 is 17.3 Å². The lowest BCUT2D eigenvalue weighted by Crippen LogP contribution is -2.30. The Morgan fingerprint density at radius 1 is 1.13 bits per heavy atom. The van der Waals surface area contributed by atoms with Crippen LogP contribution in [0.5, 0.6) is 0 Å². The minimum absolute atomic E-state index is 0.0981. The molecule has 0 aliphatic heterocycles. The highest BCUT2D eigenvalue weighted by atomic mass is 16.6. The van der Waals surface area contributed by atoms with Crippen LogP contribution in [0.25, 0.3) is 5.69 Å². The lowest BCUT2D eigenvalue weighted by molar-refractivity contribution is -0.384. The summed E-state index contributed by atoms with van der Waals surface area (Å²) in [5.74, 6) is -0.305. The average Bonchev–Trinajstić information content (AvgIpc) is 2.98.